The number of hydrogen-bond donors (Lipinski definition) is 0. The highest BCUT2D eigenvalue weighted by molar-refractivity contribution is 8.26. The van der Waals surface area contributed by atoms with Gasteiger partial charge in [-0.2, -0.15) is 5.10 Å². The lowest BCUT2D eigenvalue weighted by atomic mass is 10.1. The topological polar surface area (TPSA) is 47.4 Å². The molecule has 0 spiro atoms. The van der Waals surface area contributed by atoms with Crippen molar-refractivity contribution in [2.24, 2.45) is 0 Å². The highest BCUT2D eigenvalue weighted by Gasteiger charge is 2.35. The largest absolute Gasteiger partial charge is 0.492 e. The minimum Gasteiger partial charge on any atom is -0.492 e. The van der Waals surface area contributed by atoms with Gasteiger partial charge in [0.2, 0.25) is 0 Å². The predicted molar refractivity (Wildman–Crippen MR) is 140 cm³/mol. The molecule has 0 radical (unpaired) electrons. The molecule has 4 rings (SSSR count). The Morgan fingerprint density at radius 2 is 1.97 bits per heavy atom. The first kappa shape index (κ1) is 23.5. The second-order valence-corrected chi connectivity index (χ2v) is 9.68. The van der Waals surface area contributed by atoms with E-state index in [1.165, 1.54) is 11.8 Å². The number of para-hydroxylation sites is 1. The van der Waals surface area contributed by atoms with Crippen molar-refractivity contribution in [1.82, 2.24) is 14.7 Å². The fraction of sp³-hybridized carbons (Fsp3) is 0.240. The van der Waals surface area contributed by atoms with E-state index in [9.17, 15) is 4.79 Å². The number of halogens is 1. The number of thioether (sulfide) groups is 1. The van der Waals surface area contributed by atoms with Gasteiger partial charge in [0.1, 0.15) is 15.8 Å². The minimum absolute atomic E-state index is 0.0554. The minimum atomic E-state index is -0.0671. The van der Waals surface area contributed by atoms with Gasteiger partial charge in [0.25, 0.3) is 5.91 Å². The van der Waals surface area contributed by atoms with Crippen LogP contribution in [-0.4, -0.2) is 37.6 Å². The quantitative estimate of drug-likeness (QED) is 0.272. The monoisotopic (exact) mass is 497 g/mol. The molecule has 2 aromatic carbocycles. The number of hydrogen-bond acceptors (Lipinski definition) is 5. The molecule has 0 bridgehead atoms. The van der Waals surface area contributed by atoms with Crippen LogP contribution < -0.4 is 4.74 Å². The van der Waals surface area contributed by atoms with E-state index in [-0.39, 0.29) is 11.9 Å². The lowest BCUT2D eigenvalue weighted by Gasteiger charge is -2.21. The van der Waals surface area contributed by atoms with Crippen molar-refractivity contribution in [2.45, 2.75) is 33.2 Å². The second kappa shape index (κ2) is 10.1. The summed E-state index contributed by atoms with van der Waals surface area (Å²) in [4.78, 5) is 15.4. The van der Waals surface area contributed by atoms with Crippen LogP contribution in [0.3, 0.4) is 0 Å². The number of ether oxygens (including phenoxy) is 1. The van der Waals surface area contributed by atoms with Crippen molar-refractivity contribution in [2.75, 3.05) is 6.61 Å². The number of benzene rings is 2. The summed E-state index contributed by atoms with van der Waals surface area (Å²) >= 11 is 13.3. The van der Waals surface area contributed by atoms with Crippen LogP contribution in [0.15, 0.2) is 59.6 Å². The Bertz CT molecular complexity index is 1220. The highest BCUT2D eigenvalue weighted by Crippen LogP contribution is 2.37. The van der Waals surface area contributed by atoms with Crippen molar-refractivity contribution in [1.29, 1.82) is 0 Å². The van der Waals surface area contributed by atoms with Gasteiger partial charge in [-0.25, -0.2) is 4.68 Å². The molecule has 170 valence electrons. The van der Waals surface area contributed by atoms with Gasteiger partial charge < -0.3 is 4.74 Å². The SMILES string of the molecule is CCOc1ccc(-c2nn(-c3ccccc3)cc2C=C2SC(=S)N(C(C)CC)C2=O)cc1Cl. The van der Waals surface area contributed by atoms with Crippen LogP contribution in [0, 0.1) is 0 Å². The summed E-state index contributed by atoms with van der Waals surface area (Å²) in [7, 11) is 0. The summed E-state index contributed by atoms with van der Waals surface area (Å²) in [6, 6.07) is 15.5. The average Bonchev–Trinajstić information content (AvgIpc) is 3.36. The third kappa shape index (κ3) is 4.86. The van der Waals surface area contributed by atoms with E-state index in [0.29, 0.717) is 26.6 Å². The lowest BCUT2D eigenvalue weighted by molar-refractivity contribution is -0.123. The van der Waals surface area contributed by atoms with E-state index in [2.05, 4.69) is 0 Å². The van der Waals surface area contributed by atoms with Gasteiger partial charge in [0, 0.05) is 23.4 Å². The van der Waals surface area contributed by atoms with Gasteiger partial charge >= 0.3 is 0 Å². The molecule has 1 aliphatic rings. The van der Waals surface area contributed by atoms with E-state index >= 15 is 0 Å². The van der Waals surface area contributed by atoms with Gasteiger partial charge in [-0.3, -0.25) is 9.69 Å². The first-order valence-corrected chi connectivity index (χ1v) is 12.4. The maximum absolute atomic E-state index is 13.1. The van der Waals surface area contributed by atoms with Crippen molar-refractivity contribution >= 4 is 51.9 Å². The van der Waals surface area contributed by atoms with Crippen LogP contribution >= 0.6 is 35.6 Å². The molecule has 33 heavy (non-hydrogen) atoms. The third-order valence-electron chi connectivity index (χ3n) is 5.41. The predicted octanol–water partition coefficient (Wildman–Crippen LogP) is 6.59. The molecule has 1 fully saturated rings. The van der Waals surface area contributed by atoms with Crippen LogP contribution in [0.2, 0.25) is 5.02 Å². The fourth-order valence-corrected chi connectivity index (χ4v) is 5.22. The zero-order chi connectivity index (χ0) is 23.5. The molecule has 0 saturated carbocycles. The van der Waals surface area contributed by atoms with Gasteiger partial charge in [-0.1, -0.05) is 60.7 Å². The Morgan fingerprint density at radius 1 is 1.21 bits per heavy atom. The van der Waals surface area contributed by atoms with Crippen molar-refractivity contribution in [3.63, 3.8) is 0 Å². The Balaban J connectivity index is 1.80. The standard InChI is InChI=1S/C25H24ClN3O2S2/c1-4-16(3)29-24(30)22(33-25(29)32)14-18-15-28(19-9-7-6-8-10-19)27-23(18)17-11-12-21(31-5-2)20(26)13-17/h6-16H,4-5H2,1-3H3. The van der Waals surface area contributed by atoms with Crippen LogP contribution in [0.25, 0.3) is 23.0 Å². The fourth-order valence-electron chi connectivity index (χ4n) is 3.53. The number of carbonyl (C=O) groups excluding carboxylic acids is 1. The molecule has 1 aromatic heterocycles. The number of amides is 1. The van der Waals surface area contributed by atoms with Crippen molar-refractivity contribution in [3.8, 4) is 22.7 Å². The third-order valence-corrected chi connectivity index (χ3v) is 7.04. The van der Waals surface area contributed by atoms with E-state index < -0.39 is 0 Å². The van der Waals surface area contributed by atoms with Crippen LogP contribution in [-0.2, 0) is 4.79 Å². The molecule has 1 aliphatic heterocycles. The smallest absolute Gasteiger partial charge is 0.266 e. The first-order chi connectivity index (χ1) is 15.9. The number of nitrogens with zero attached hydrogens (tertiary/aromatic N) is 3. The molecule has 3 aromatic rings. The van der Waals surface area contributed by atoms with Gasteiger partial charge in [0.05, 0.1) is 22.2 Å². The maximum atomic E-state index is 13.1. The molecule has 1 amide bonds. The second-order valence-electron chi connectivity index (χ2n) is 7.60. The molecular weight excluding hydrogens is 474 g/mol. The van der Waals surface area contributed by atoms with Crippen LogP contribution in [0.5, 0.6) is 5.75 Å². The molecule has 2 heterocycles. The molecule has 1 unspecified atom stereocenters. The summed E-state index contributed by atoms with van der Waals surface area (Å²) in [5.41, 5.74) is 3.28. The summed E-state index contributed by atoms with van der Waals surface area (Å²) in [6.45, 7) is 6.50. The Kier molecular flexibility index (Phi) is 7.22. The van der Waals surface area contributed by atoms with Crippen LogP contribution in [0.1, 0.15) is 32.8 Å². The molecule has 0 N–H and O–H groups in total. The summed E-state index contributed by atoms with van der Waals surface area (Å²) in [6.07, 6.45) is 4.63. The maximum Gasteiger partial charge on any atom is 0.266 e. The van der Waals surface area contributed by atoms with Crippen molar-refractivity contribution < 1.29 is 9.53 Å². The van der Waals surface area contributed by atoms with E-state index in [0.717, 1.165) is 28.9 Å². The zero-order valence-corrected chi connectivity index (χ0v) is 21.0. The first-order valence-electron chi connectivity index (χ1n) is 10.8. The Morgan fingerprint density at radius 3 is 2.64 bits per heavy atom. The normalized spacial score (nSPS) is 16.0. The zero-order valence-electron chi connectivity index (χ0n) is 18.6. The Labute approximate surface area is 208 Å². The van der Waals surface area contributed by atoms with Gasteiger partial charge in [-0.05, 0) is 56.7 Å². The van der Waals surface area contributed by atoms with Crippen molar-refractivity contribution in [3.05, 3.63) is 70.2 Å². The lowest BCUT2D eigenvalue weighted by Crippen LogP contribution is -2.36. The van der Waals surface area contributed by atoms with Crippen LogP contribution in [0.4, 0.5) is 0 Å². The van der Waals surface area contributed by atoms with E-state index in [4.69, 9.17) is 33.7 Å². The van der Waals surface area contributed by atoms with E-state index in [1.807, 2.05) is 81.6 Å². The summed E-state index contributed by atoms with van der Waals surface area (Å²) in [5, 5.41) is 5.34. The highest BCUT2D eigenvalue weighted by atomic mass is 35.5. The molecule has 1 atom stereocenters. The molecule has 8 heteroatoms. The molecule has 0 aliphatic carbocycles. The van der Waals surface area contributed by atoms with Gasteiger partial charge in [-0.15, -0.1) is 0 Å². The number of thiocarbonyl (C=S) groups is 1. The molecule has 5 nitrogen and oxygen atoms in total. The summed E-state index contributed by atoms with van der Waals surface area (Å²) < 4.78 is 7.96. The van der Waals surface area contributed by atoms with E-state index in [1.54, 1.807) is 9.58 Å². The van der Waals surface area contributed by atoms with Gasteiger partial charge in [0.15, 0.2) is 0 Å². The molecule has 1 saturated heterocycles. The number of aromatic nitrogens is 2. The molecular formula is C25H24ClN3O2S2. The number of rotatable bonds is 7. The summed E-state index contributed by atoms with van der Waals surface area (Å²) in [5.74, 6) is 0.559. The average molecular weight is 498 g/mol. The number of carbonyl (C=O) groups is 1. The Hall–Kier alpha value is -2.61.